The van der Waals surface area contributed by atoms with Gasteiger partial charge in [0.1, 0.15) is 0 Å². The van der Waals surface area contributed by atoms with E-state index in [-0.39, 0.29) is 17.2 Å². The average molecular weight is 396 g/mol. The molecule has 0 atom stereocenters. The van der Waals surface area contributed by atoms with Gasteiger partial charge >= 0.3 is 0 Å². The Morgan fingerprint density at radius 3 is 2.86 bits per heavy atom. The molecular weight excluding hydrogens is 370 g/mol. The molecule has 2 aromatic rings. The van der Waals surface area contributed by atoms with Gasteiger partial charge in [0.2, 0.25) is 5.91 Å². The minimum Gasteiger partial charge on any atom is -0.313 e. The third kappa shape index (κ3) is 3.92. The number of hydrogen-bond acceptors (Lipinski definition) is 4. The van der Waals surface area contributed by atoms with E-state index in [0.717, 1.165) is 32.1 Å². The lowest BCUT2D eigenvalue weighted by atomic mass is 10.0. The van der Waals surface area contributed by atoms with Crippen molar-refractivity contribution in [2.75, 3.05) is 5.75 Å². The van der Waals surface area contributed by atoms with Crippen molar-refractivity contribution in [2.45, 2.75) is 56.3 Å². The van der Waals surface area contributed by atoms with Crippen LogP contribution in [0.15, 0.2) is 58.6 Å². The molecular formula is C22H25N3O2S. The van der Waals surface area contributed by atoms with Crippen LogP contribution in [0.25, 0.3) is 10.9 Å². The fourth-order valence-corrected chi connectivity index (χ4v) is 4.58. The van der Waals surface area contributed by atoms with Crippen LogP contribution in [0.1, 0.15) is 38.5 Å². The first kappa shape index (κ1) is 19.0. The largest absolute Gasteiger partial charge is 0.313 e. The third-order valence-electron chi connectivity index (χ3n) is 5.22. The molecule has 1 amide bonds. The molecule has 4 rings (SSSR count). The number of fused-ring (bicyclic) bond motifs is 1. The van der Waals surface area contributed by atoms with Crippen molar-refractivity contribution in [3.63, 3.8) is 0 Å². The monoisotopic (exact) mass is 395 g/mol. The fraction of sp³-hybridized carbons (Fsp3) is 0.409. The number of thioether (sulfide) groups is 1. The molecule has 6 heteroatoms. The molecule has 0 aliphatic heterocycles. The lowest BCUT2D eigenvalue weighted by molar-refractivity contribution is -0.127. The molecule has 5 nitrogen and oxygen atoms in total. The maximum atomic E-state index is 13.0. The first-order valence-electron chi connectivity index (χ1n) is 9.93. The van der Waals surface area contributed by atoms with E-state index >= 15 is 0 Å². The number of aromatic nitrogens is 2. The van der Waals surface area contributed by atoms with E-state index in [2.05, 4.69) is 17.6 Å². The summed E-state index contributed by atoms with van der Waals surface area (Å²) >= 11 is 1.35. The second kappa shape index (κ2) is 8.35. The topological polar surface area (TPSA) is 55.2 Å². The molecule has 0 bridgehead atoms. The number of nitrogens with zero attached hydrogens (tertiary/aromatic N) is 3. The number of carbonyl (C=O) groups is 1. The molecule has 1 heterocycles. The molecule has 2 aliphatic rings. The summed E-state index contributed by atoms with van der Waals surface area (Å²) in [5.74, 6) is 0.406. The fourth-order valence-electron chi connectivity index (χ4n) is 3.71. The van der Waals surface area contributed by atoms with Crippen LogP contribution in [0.4, 0.5) is 0 Å². The summed E-state index contributed by atoms with van der Waals surface area (Å²) in [7, 11) is 0. The number of carbonyl (C=O) groups excluding carboxylic acids is 1. The van der Waals surface area contributed by atoms with Gasteiger partial charge in [0.05, 0.1) is 16.7 Å². The standard InChI is InChI=1S/C22H25N3O2S/c1-2-14-24-21(27)18-10-6-7-11-19(18)23-22(24)28-15-20(26)25(17-12-13-17)16-8-4-3-5-9-16/h2,6-8,10-11,17H,1,3-5,9,12-15H2. The van der Waals surface area contributed by atoms with Crippen LogP contribution < -0.4 is 5.56 Å². The van der Waals surface area contributed by atoms with E-state index in [1.807, 2.05) is 23.1 Å². The normalized spacial score (nSPS) is 16.6. The predicted molar refractivity (Wildman–Crippen MR) is 113 cm³/mol. The summed E-state index contributed by atoms with van der Waals surface area (Å²) in [5.41, 5.74) is 1.76. The van der Waals surface area contributed by atoms with E-state index in [9.17, 15) is 9.59 Å². The molecule has 0 saturated heterocycles. The van der Waals surface area contributed by atoms with Crippen molar-refractivity contribution in [1.29, 1.82) is 0 Å². The highest BCUT2D eigenvalue weighted by Crippen LogP contribution is 2.34. The molecule has 1 aromatic carbocycles. The molecule has 2 aliphatic carbocycles. The molecule has 0 spiro atoms. The number of amides is 1. The molecule has 1 fully saturated rings. The zero-order valence-electron chi connectivity index (χ0n) is 16.0. The van der Waals surface area contributed by atoms with Gasteiger partial charge in [-0.2, -0.15) is 0 Å². The van der Waals surface area contributed by atoms with Gasteiger partial charge in [-0.25, -0.2) is 4.98 Å². The second-order valence-corrected chi connectivity index (χ2v) is 8.28. The molecule has 1 saturated carbocycles. The van der Waals surface area contributed by atoms with Crippen LogP contribution in [0.2, 0.25) is 0 Å². The van der Waals surface area contributed by atoms with Crippen LogP contribution >= 0.6 is 11.8 Å². The molecule has 0 unspecified atom stereocenters. The van der Waals surface area contributed by atoms with Crippen molar-refractivity contribution in [2.24, 2.45) is 0 Å². The summed E-state index contributed by atoms with van der Waals surface area (Å²) in [5, 5.41) is 1.16. The Kier molecular flexibility index (Phi) is 5.67. The predicted octanol–water partition coefficient (Wildman–Crippen LogP) is 4.12. The van der Waals surface area contributed by atoms with Gasteiger partial charge in [0.25, 0.3) is 5.56 Å². The molecule has 146 valence electrons. The van der Waals surface area contributed by atoms with Gasteiger partial charge in [-0.05, 0) is 50.7 Å². The quantitative estimate of drug-likeness (QED) is 0.402. The van der Waals surface area contributed by atoms with Crippen molar-refractivity contribution in [3.05, 3.63) is 59.0 Å². The number of para-hydroxylation sites is 1. The second-order valence-electron chi connectivity index (χ2n) is 7.34. The Bertz CT molecular complexity index is 991. The van der Waals surface area contributed by atoms with Gasteiger partial charge in [0.15, 0.2) is 5.16 Å². The summed E-state index contributed by atoms with van der Waals surface area (Å²) in [6, 6.07) is 7.69. The summed E-state index contributed by atoms with van der Waals surface area (Å²) in [6.07, 6.45) is 10.5. The van der Waals surface area contributed by atoms with Crippen LogP contribution in [0, 0.1) is 0 Å². The average Bonchev–Trinajstić information content (AvgIpc) is 3.55. The van der Waals surface area contributed by atoms with Crippen LogP contribution in [-0.4, -0.2) is 32.2 Å². The van der Waals surface area contributed by atoms with Crippen LogP contribution in [0.5, 0.6) is 0 Å². The highest BCUT2D eigenvalue weighted by molar-refractivity contribution is 7.99. The maximum absolute atomic E-state index is 13.0. The first-order chi connectivity index (χ1) is 13.7. The van der Waals surface area contributed by atoms with Crippen molar-refractivity contribution < 1.29 is 4.79 Å². The van der Waals surface area contributed by atoms with E-state index < -0.39 is 0 Å². The van der Waals surface area contributed by atoms with Gasteiger partial charge in [0, 0.05) is 18.3 Å². The van der Waals surface area contributed by atoms with Gasteiger partial charge < -0.3 is 4.90 Å². The number of benzene rings is 1. The Balaban J connectivity index is 1.58. The molecule has 0 radical (unpaired) electrons. The van der Waals surface area contributed by atoms with Crippen molar-refractivity contribution >= 4 is 28.6 Å². The summed E-state index contributed by atoms with van der Waals surface area (Å²) in [6.45, 7) is 4.13. The lowest BCUT2D eigenvalue weighted by Crippen LogP contribution is -2.34. The number of hydrogen-bond donors (Lipinski definition) is 0. The molecule has 28 heavy (non-hydrogen) atoms. The Labute approximate surface area is 169 Å². The SMILES string of the molecule is C=CCn1c(SCC(=O)N(C2=CCCCC2)C2CC2)nc2ccccc2c1=O. The Morgan fingerprint density at radius 1 is 1.32 bits per heavy atom. The van der Waals surface area contributed by atoms with Gasteiger partial charge in [-0.1, -0.05) is 36.0 Å². The minimum atomic E-state index is -0.0884. The van der Waals surface area contributed by atoms with Crippen molar-refractivity contribution in [3.8, 4) is 0 Å². The zero-order valence-corrected chi connectivity index (χ0v) is 16.8. The molecule has 1 aromatic heterocycles. The number of rotatable bonds is 7. The van der Waals surface area contributed by atoms with Gasteiger partial charge in [-0.15, -0.1) is 6.58 Å². The van der Waals surface area contributed by atoms with E-state index in [0.29, 0.717) is 28.6 Å². The highest BCUT2D eigenvalue weighted by Gasteiger charge is 2.35. The van der Waals surface area contributed by atoms with Gasteiger partial charge in [-0.3, -0.25) is 14.2 Å². The lowest BCUT2D eigenvalue weighted by Gasteiger charge is -2.27. The van der Waals surface area contributed by atoms with E-state index in [4.69, 9.17) is 0 Å². The Hall–Kier alpha value is -2.34. The highest BCUT2D eigenvalue weighted by atomic mass is 32.2. The maximum Gasteiger partial charge on any atom is 0.262 e. The smallest absolute Gasteiger partial charge is 0.262 e. The third-order valence-corrected chi connectivity index (χ3v) is 6.18. The van der Waals surface area contributed by atoms with Crippen LogP contribution in [0.3, 0.4) is 0 Å². The first-order valence-corrected chi connectivity index (χ1v) is 10.9. The van der Waals surface area contributed by atoms with Crippen molar-refractivity contribution in [1.82, 2.24) is 14.5 Å². The summed E-state index contributed by atoms with van der Waals surface area (Å²) < 4.78 is 1.61. The van der Waals surface area contributed by atoms with Crippen LogP contribution in [-0.2, 0) is 11.3 Å². The molecule has 0 N–H and O–H groups in total. The zero-order chi connectivity index (χ0) is 19.5. The Morgan fingerprint density at radius 2 is 2.14 bits per heavy atom. The minimum absolute atomic E-state index is 0.0884. The number of allylic oxidation sites excluding steroid dienone is 3. The summed E-state index contributed by atoms with van der Waals surface area (Å²) in [4.78, 5) is 32.6. The van der Waals surface area contributed by atoms with E-state index in [1.54, 1.807) is 16.7 Å². The van der Waals surface area contributed by atoms with E-state index in [1.165, 1.54) is 23.9 Å².